The van der Waals surface area contributed by atoms with Crippen LogP contribution in [0.5, 0.6) is 0 Å². The molecule has 0 aromatic carbocycles. The van der Waals surface area contributed by atoms with Crippen molar-refractivity contribution < 1.29 is 18.9 Å². The fourth-order valence-corrected chi connectivity index (χ4v) is 0.813. The van der Waals surface area contributed by atoms with Crippen molar-refractivity contribution in [2.24, 2.45) is 0 Å². The van der Waals surface area contributed by atoms with Gasteiger partial charge in [-0.05, 0) is 0 Å². The molecule has 1 rings (SSSR count). The van der Waals surface area contributed by atoms with E-state index in [0.717, 1.165) is 0 Å². The molecule has 0 spiro atoms. The van der Waals surface area contributed by atoms with E-state index >= 15 is 0 Å². The summed E-state index contributed by atoms with van der Waals surface area (Å²) in [5.41, 5.74) is 0. The second-order valence-electron chi connectivity index (χ2n) is 2.40. The van der Waals surface area contributed by atoms with E-state index in [1.54, 1.807) is 4.57 Å². The molecule has 3 nitrogen and oxygen atoms in total. The average molecular weight is 170 g/mol. The minimum Gasteiger partial charge on any atom is -0.481 e. The van der Waals surface area contributed by atoms with E-state index in [9.17, 15) is 9.18 Å². The van der Waals surface area contributed by atoms with Gasteiger partial charge >= 0.3 is 5.97 Å². The van der Waals surface area contributed by atoms with Crippen LogP contribution in [0.15, 0.2) is 24.5 Å². The molecule has 0 radical (unpaired) electrons. The van der Waals surface area contributed by atoms with E-state index in [-0.39, 0.29) is 12.2 Å². The Morgan fingerprint density at radius 2 is 2.08 bits per heavy atom. The molecular weight excluding hydrogens is 161 g/mol. The minimum absolute atomic E-state index is 0.0519. The smallest absolute Gasteiger partial charge is 0.309 e. The van der Waals surface area contributed by atoms with Crippen molar-refractivity contribution in [1.82, 2.24) is 0 Å². The highest BCUT2D eigenvalue weighted by molar-refractivity contribution is 5.66. The molecule has 0 amide bonds. The first-order valence-corrected chi connectivity index (χ1v) is 3.55. The highest BCUT2D eigenvalue weighted by Gasteiger charge is 2.03. The molecule has 0 saturated heterocycles. The number of pyridine rings is 1. The number of aromatic nitrogens is 1. The zero-order valence-corrected chi connectivity index (χ0v) is 6.40. The molecule has 64 valence electrons. The van der Waals surface area contributed by atoms with Crippen molar-refractivity contribution in [3.63, 3.8) is 0 Å². The molecule has 4 heteroatoms. The number of rotatable bonds is 3. The van der Waals surface area contributed by atoms with E-state index in [2.05, 4.69) is 0 Å². The van der Waals surface area contributed by atoms with Crippen LogP contribution < -0.4 is 4.57 Å². The summed E-state index contributed by atoms with van der Waals surface area (Å²) >= 11 is 0. The van der Waals surface area contributed by atoms with Crippen LogP contribution in [0.4, 0.5) is 4.39 Å². The van der Waals surface area contributed by atoms with Gasteiger partial charge in [-0.3, -0.25) is 4.79 Å². The third-order valence-corrected chi connectivity index (χ3v) is 1.43. The van der Waals surface area contributed by atoms with Gasteiger partial charge in [0.1, 0.15) is 12.2 Å². The quantitative estimate of drug-likeness (QED) is 0.674. The lowest BCUT2D eigenvalue weighted by Gasteiger charge is -1.92. The van der Waals surface area contributed by atoms with Crippen molar-refractivity contribution in [1.29, 1.82) is 0 Å². The number of carboxylic acid groups (broad SMARTS) is 1. The van der Waals surface area contributed by atoms with Gasteiger partial charge in [-0.2, -0.15) is 0 Å². The summed E-state index contributed by atoms with van der Waals surface area (Å²) in [7, 11) is 0. The summed E-state index contributed by atoms with van der Waals surface area (Å²) in [5.74, 6) is -1.17. The molecule has 0 unspecified atom stereocenters. The summed E-state index contributed by atoms with van der Waals surface area (Å²) in [4.78, 5) is 10.2. The van der Waals surface area contributed by atoms with Crippen LogP contribution in [0, 0.1) is 5.82 Å². The van der Waals surface area contributed by atoms with E-state index in [0.29, 0.717) is 6.54 Å². The third kappa shape index (κ3) is 2.65. The zero-order chi connectivity index (χ0) is 8.97. The van der Waals surface area contributed by atoms with Gasteiger partial charge in [0.2, 0.25) is 0 Å². The Balaban J connectivity index is 2.53. The van der Waals surface area contributed by atoms with E-state index in [1.807, 2.05) is 0 Å². The highest BCUT2D eigenvalue weighted by Crippen LogP contribution is 1.90. The predicted octanol–water partition coefficient (Wildman–Crippen LogP) is 0.588. The first-order valence-electron chi connectivity index (χ1n) is 3.55. The van der Waals surface area contributed by atoms with Crippen molar-refractivity contribution in [2.75, 3.05) is 0 Å². The summed E-state index contributed by atoms with van der Waals surface area (Å²) in [5, 5.41) is 8.34. The third-order valence-electron chi connectivity index (χ3n) is 1.43. The summed E-state index contributed by atoms with van der Waals surface area (Å²) in [6.45, 7) is 0.371. The van der Waals surface area contributed by atoms with Crippen LogP contribution in [0.3, 0.4) is 0 Å². The minimum atomic E-state index is -0.855. The lowest BCUT2D eigenvalue weighted by Crippen LogP contribution is -2.33. The number of hydrogen-bond acceptors (Lipinski definition) is 1. The second kappa shape index (κ2) is 3.80. The van der Waals surface area contributed by atoms with Crippen molar-refractivity contribution >= 4 is 5.97 Å². The Bertz CT molecular complexity index is 271. The van der Waals surface area contributed by atoms with Gasteiger partial charge in [0, 0.05) is 12.1 Å². The van der Waals surface area contributed by atoms with E-state index in [1.165, 1.54) is 24.5 Å². The SMILES string of the molecule is O=C(O)CC[n+]1ccc(F)cc1. The molecule has 0 aliphatic heterocycles. The van der Waals surface area contributed by atoms with Gasteiger partial charge in [-0.1, -0.05) is 0 Å². The van der Waals surface area contributed by atoms with Crippen LogP contribution in [0.2, 0.25) is 0 Å². The molecule has 1 N–H and O–H groups in total. The van der Waals surface area contributed by atoms with Crippen molar-refractivity contribution in [3.05, 3.63) is 30.3 Å². The topological polar surface area (TPSA) is 41.2 Å². The molecule has 0 bridgehead atoms. The lowest BCUT2D eigenvalue weighted by molar-refractivity contribution is -0.696. The highest BCUT2D eigenvalue weighted by atomic mass is 19.1. The Labute approximate surface area is 69.1 Å². The van der Waals surface area contributed by atoms with Gasteiger partial charge in [-0.25, -0.2) is 8.96 Å². The molecule has 1 aromatic rings. The molecule has 0 fully saturated rings. The summed E-state index contributed by atoms with van der Waals surface area (Å²) in [6, 6.07) is 2.59. The first kappa shape index (κ1) is 8.64. The maximum atomic E-state index is 12.4. The number of aliphatic carboxylic acids is 1. The summed E-state index contributed by atoms with van der Waals surface area (Å²) in [6.07, 6.45) is 3.08. The maximum absolute atomic E-state index is 12.4. The zero-order valence-electron chi connectivity index (χ0n) is 6.40. The lowest BCUT2D eigenvalue weighted by atomic mass is 10.4. The normalized spacial score (nSPS) is 9.75. The monoisotopic (exact) mass is 170 g/mol. The van der Waals surface area contributed by atoms with Crippen molar-refractivity contribution in [3.8, 4) is 0 Å². The Kier molecular flexibility index (Phi) is 2.74. The van der Waals surface area contributed by atoms with E-state index < -0.39 is 5.97 Å². The first-order chi connectivity index (χ1) is 5.68. The second-order valence-corrected chi connectivity index (χ2v) is 2.40. The predicted molar refractivity (Wildman–Crippen MR) is 38.8 cm³/mol. The maximum Gasteiger partial charge on any atom is 0.309 e. The standard InChI is InChI=1S/C8H8FNO2/c9-7-1-4-10(5-2-7)6-3-8(11)12/h1-2,4-5H,3,6H2/p+1. The number of hydrogen-bond donors (Lipinski definition) is 1. The molecule has 0 saturated carbocycles. The van der Waals surface area contributed by atoms with Gasteiger partial charge in [0.05, 0.1) is 0 Å². The molecule has 1 aromatic heterocycles. The number of nitrogens with zero attached hydrogens (tertiary/aromatic N) is 1. The summed E-state index contributed by atoms with van der Waals surface area (Å²) < 4.78 is 14.0. The molecular formula is C8H9FNO2+. The van der Waals surface area contributed by atoms with Gasteiger partial charge in [0.25, 0.3) is 0 Å². The van der Waals surface area contributed by atoms with Crippen LogP contribution in [0.25, 0.3) is 0 Å². The molecule has 0 atom stereocenters. The molecule has 0 aliphatic carbocycles. The molecule has 1 heterocycles. The van der Waals surface area contributed by atoms with Gasteiger partial charge < -0.3 is 5.11 Å². The Morgan fingerprint density at radius 1 is 1.50 bits per heavy atom. The van der Waals surface area contributed by atoms with Crippen molar-refractivity contribution in [2.45, 2.75) is 13.0 Å². The fourth-order valence-electron chi connectivity index (χ4n) is 0.813. The van der Waals surface area contributed by atoms with Gasteiger partial charge in [0.15, 0.2) is 18.9 Å². The van der Waals surface area contributed by atoms with Crippen LogP contribution in [0.1, 0.15) is 6.42 Å². The Hall–Kier alpha value is -1.45. The number of halogens is 1. The molecule has 12 heavy (non-hydrogen) atoms. The van der Waals surface area contributed by atoms with Crippen LogP contribution in [-0.4, -0.2) is 11.1 Å². The number of aryl methyl sites for hydroxylation is 1. The Morgan fingerprint density at radius 3 is 2.58 bits per heavy atom. The largest absolute Gasteiger partial charge is 0.481 e. The number of carboxylic acids is 1. The van der Waals surface area contributed by atoms with Crippen LogP contribution >= 0.6 is 0 Å². The van der Waals surface area contributed by atoms with Gasteiger partial charge in [-0.15, -0.1) is 0 Å². The fraction of sp³-hybridized carbons (Fsp3) is 0.250. The van der Waals surface area contributed by atoms with E-state index in [4.69, 9.17) is 5.11 Å². The molecule has 0 aliphatic rings. The number of carbonyl (C=O) groups is 1. The average Bonchev–Trinajstić information content (AvgIpc) is 2.03. The van der Waals surface area contributed by atoms with Crippen LogP contribution in [-0.2, 0) is 11.3 Å².